The van der Waals surface area contributed by atoms with Crippen molar-refractivity contribution in [1.29, 1.82) is 0 Å². The summed E-state index contributed by atoms with van der Waals surface area (Å²) >= 11 is 0. The second kappa shape index (κ2) is 8.84. The number of nitrogens with zero attached hydrogens (tertiary/aromatic N) is 3. The molecule has 0 radical (unpaired) electrons. The number of nitro groups is 2. The van der Waals surface area contributed by atoms with Gasteiger partial charge in [-0.1, -0.05) is 0 Å². The summed E-state index contributed by atoms with van der Waals surface area (Å²) in [5.41, 5.74) is -5.28. The van der Waals surface area contributed by atoms with E-state index in [0.717, 1.165) is 29.2 Å². The number of non-ortho nitro benzene ring substituents is 1. The molecule has 0 saturated carbocycles. The van der Waals surface area contributed by atoms with E-state index >= 15 is 0 Å². The van der Waals surface area contributed by atoms with Crippen molar-refractivity contribution in [2.45, 2.75) is 25.6 Å². The molecule has 2 rings (SSSR count). The van der Waals surface area contributed by atoms with Gasteiger partial charge in [-0.05, 0) is 31.2 Å². The highest BCUT2D eigenvalue weighted by Crippen LogP contribution is 2.46. The molecule has 8 nitrogen and oxygen atoms in total. The highest BCUT2D eigenvalue weighted by atomic mass is 19.4. The molecule has 0 heterocycles. The Hall–Kier alpha value is -3.65. The third kappa shape index (κ3) is 5.15. The molecule has 174 valence electrons. The van der Waals surface area contributed by atoms with Crippen LogP contribution in [0.2, 0.25) is 0 Å². The van der Waals surface area contributed by atoms with Crippen LogP contribution in [0.4, 0.5) is 53.5 Å². The Morgan fingerprint density at radius 2 is 1.56 bits per heavy atom. The van der Waals surface area contributed by atoms with Gasteiger partial charge in [0.15, 0.2) is 0 Å². The van der Waals surface area contributed by atoms with Gasteiger partial charge >= 0.3 is 18.7 Å². The van der Waals surface area contributed by atoms with Crippen molar-refractivity contribution in [3.63, 3.8) is 0 Å². The minimum Gasteiger partial charge on any atom is -0.428 e. The van der Waals surface area contributed by atoms with Gasteiger partial charge in [-0.2, -0.15) is 30.7 Å². The molecule has 32 heavy (non-hydrogen) atoms. The van der Waals surface area contributed by atoms with E-state index in [1.165, 1.54) is 6.92 Å². The van der Waals surface area contributed by atoms with Crippen LogP contribution in [0.15, 0.2) is 36.4 Å². The lowest BCUT2D eigenvalue weighted by molar-refractivity contribution is -0.394. The highest BCUT2D eigenvalue weighted by Gasteiger charge is 2.44. The van der Waals surface area contributed by atoms with Crippen molar-refractivity contribution < 1.29 is 45.3 Å². The van der Waals surface area contributed by atoms with Crippen LogP contribution in [-0.4, -0.2) is 28.9 Å². The van der Waals surface area contributed by atoms with Crippen LogP contribution in [0.1, 0.15) is 12.5 Å². The summed E-state index contributed by atoms with van der Waals surface area (Å²) in [6.45, 7) is 0.982. The van der Waals surface area contributed by atoms with E-state index < -0.39 is 56.9 Å². The van der Waals surface area contributed by atoms with Crippen LogP contribution in [0.25, 0.3) is 0 Å². The average Bonchev–Trinajstić information content (AvgIpc) is 2.68. The number of alkyl halides is 7. The van der Waals surface area contributed by atoms with E-state index in [1.54, 1.807) is 0 Å². The van der Waals surface area contributed by atoms with E-state index in [1.807, 2.05) is 0 Å². The maximum absolute atomic E-state index is 13.6. The van der Waals surface area contributed by atoms with Crippen molar-refractivity contribution in [1.82, 2.24) is 0 Å². The molecular weight excluding hydrogens is 459 g/mol. The maximum atomic E-state index is 13.6. The van der Waals surface area contributed by atoms with Gasteiger partial charge in [-0.25, -0.2) is 0 Å². The average molecular weight is 471 g/mol. The molecule has 15 heteroatoms. The van der Waals surface area contributed by atoms with Crippen molar-refractivity contribution >= 4 is 22.7 Å². The van der Waals surface area contributed by atoms with Gasteiger partial charge in [0.1, 0.15) is 11.4 Å². The summed E-state index contributed by atoms with van der Waals surface area (Å²) in [5, 5.41) is 22.4. The molecule has 0 aromatic heterocycles. The lowest BCUT2D eigenvalue weighted by Gasteiger charge is -2.26. The molecular formula is C17H12F7N3O5. The van der Waals surface area contributed by atoms with Crippen LogP contribution >= 0.6 is 0 Å². The van der Waals surface area contributed by atoms with Crippen LogP contribution in [0.3, 0.4) is 0 Å². The van der Waals surface area contributed by atoms with Crippen molar-refractivity contribution in [3.8, 4) is 5.75 Å². The van der Waals surface area contributed by atoms with Crippen LogP contribution in [-0.2, 0) is 6.18 Å². The Kier molecular flexibility index (Phi) is 6.80. The molecule has 0 unspecified atom stereocenters. The minimum atomic E-state index is -5.23. The summed E-state index contributed by atoms with van der Waals surface area (Å²) in [5.74, 6) is -0.746. The normalized spacial score (nSPS) is 12.0. The molecule has 0 saturated heterocycles. The first-order valence-corrected chi connectivity index (χ1v) is 8.45. The SMILES string of the molecule is CCN(c1ccc(OC(F)(F)C(F)F)cc1)c1c([N+](=O)[O-])cc([N+](=O)[O-])cc1C(F)(F)F. The third-order valence-electron chi connectivity index (χ3n) is 4.03. The number of hydrogen-bond donors (Lipinski definition) is 0. The first-order valence-electron chi connectivity index (χ1n) is 8.45. The number of nitro benzene ring substituents is 2. The fourth-order valence-electron chi connectivity index (χ4n) is 2.71. The second-order valence-corrected chi connectivity index (χ2v) is 6.08. The smallest absolute Gasteiger partial charge is 0.428 e. The van der Waals surface area contributed by atoms with Crippen LogP contribution < -0.4 is 9.64 Å². The topological polar surface area (TPSA) is 98.8 Å². The predicted octanol–water partition coefficient (Wildman–Crippen LogP) is 5.92. The summed E-state index contributed by atoms with van der Waals surface area (Å²) in [4.78, 5) is 20.7. The van der Waals surface area contributed by atoms with Crippen LogP contribution in [0, 0.1) is 20.2 Å². The summed E-state index contributed by atoms with van der Waals surface area (Å²) in [6, 6.07) is 3.80. The Balaban J connectivity index is 2.64. The number of anilines is 2. The molecule has 0 aliphatic rings. The van der Waals surface area contributed by atoms with E-state index in [-0.39, 0.29) is 18.3 Å². The van der Waals surface area contributed by atoms with E-state index in [4.69, 9.17) is 0 Å². The Morgan fingerprint density at radius 3 is 1.97 bits per heavy atom. The quantitative estimate of drug-likeness (QED) is 0.269. The molecule has 2 aromatic carbocycles. The number of halogens is 7. The van der Waals surface area contributed by atoms with Crippen molar-refractivity contribution in [2.75, 3.05) is 11.4 Å². The molecule has 0 aliphatic heterocycles. The number of ether oxygens (including phenoxy) is 1. The highest BCUT2D eigenvalue weighted by molar-refractivity contribution is 5.78. The molecule has 0 aliphatic carbocycles. The third-order valence-corrected chi connectivity index (χ3v) is 4.03. The molecule has 0 atom stereocenters. The Labute approximate surface area is 174 Å². The molecule has 0 fully saturated rings. The van der Waals surface area contributed by atoms with Gasteiger partial charge in [0.25, 0.3) is 11.4 Å². The van der Waals surface area contributed by atoms with Crippen LogP contribution in [0.5, 0.6) is 5.75 Å². The zero-order valence-electron chi connectivity index (χ0n) is 15.8. The van der Waals surface area contributed by atoms with Gasteiger partial charge in [-0.3, -0.25) is 20.2 Å². The fraction of sp³-hybridized carbons (Fsp3) is 0.294. The molecule has 2 aromatic rings. The van der Waals surface area contributed by atoms with Crippen molar-refractivity contribution in [2.24, 2.45) is 0 Å². The monoisotopic (exact) mass is 471 g/mol. The number of hydrogen-bond acceptors (Lipinski definition) is 6. The summed E-state index contributed by atoms with van der Waals surface area (Å²) < 4.78 is 95.3. The lowest BCUT2D eigenvalue weighted by Crippen LogP contribution is -2.33. The Morgan fingerprint density at radius 1 is 1.00 bits per heavy atom. The maximum Gasteiger partial charge on any atom is 0.461 e. The van der Waals surface area contributed by atoms with Gasteiger partial charge in [-0.15, -0.1) is 0 Å². The first-order chi connectivity index (χ1) is 14.7. The predicted molar refractivity (Wildman–Crippen MR) is 95.5 cm³/mol. The van der Waals surface area contributed by atoms with E-state index in [2.05, 4.69) is 4.74 Å². The summed E-state index contributed by atoms with van der Waals surface area (Å²) in [7, 11) is 0. The van der Waals surface area contributed by atoms with Crippen molar-refractivity contribution in [3.05, 3.63) is 62.2 Å². The molecule has 0 spiro atoms. The second-order valence-electron chi connectivity index (χ2n) is 6.08. The molecule has 0 N–H and O–H groups in total. The molecule has 0 bridgehead atoms. The van der Waals surface area contributed by atoms with Gasteiger partial charge in [0, 0.05) is 18.3 Å². The van der Waals surface area contributed by atoms with Gasteiger partial charge in [0.05, 0.1) is 21.5 Å². The minimum absolute atomic E-state index is 0.131. The van der Waals surface area contributed by atoms with Gasteiger partial charge in [0.2, 0.25) is 0 Å². The first kappa shape index (κ1) is 24.6. The fourth-order valence-corrected chi connectivity index (χ4v) is 2.71. The number of rotatable bonds is 8. The number of benzene rings is 2. The summed E-state index contributed by atoms with van der Waals surface area (Å²) in [6.07, 6.45) is -14.2. The van der Waals surface area contributed by atoms with Gasteiger partial charge < -0.3 is 9.64 Å². The lowest BCUT2D eigenvalue weighted by atomic mass is 10.1. The standard InChI is InChI=1S/C17H12F7N3O5/c1-2-25(9-3-5-11(6-4-9)32-17(23,24)15(18)19)14-12(16(20,21)22)7-10(26(28)29)8-13(14)27(30)31/h3-8,15H,2H2,1H3. The van der Waals surface area contributed by atoms with E-state index in [0.29, 0.717) is 6.07 Å². The zero-order chi connectivity index (χ0) is 24.4. The largest absolute Gasteiger partial charge is 0.461 e. The molecule has 0 amide bonds. The van der Waals surface area contributed by atoms with E-state index in [9.17, 15) is 51.0 Å². The zero-order valence-corrected chi connectivity index (χ0v) is 15.8. The Bertz CT molecular complexity index is 1010.